The molecule has 0 aromatic carbocycles. The van der Waals surface area contributed by atoms with E-state index in [0.717, 1.165) is 0 Å². The second kappa shape index (κ2) is 7.23. The van der Waals surface area contributed by atoms with Gasteiger partial charge in [0.1, 0.15) is 31.0 Å². The zero-order chi connectivity index (χ0) is 11.0. The highest BCUT2D eigenvalue weighted by Crippen LogP contribution is 2.08. The SMILES string of the molecule is O=S([O-])O[N+](CCO)(CCO)CCO. The molecule has 0 aliphatic carbocycles. The first kappa shape index (κ1) is 13.9. The molecule has 0 radical (unpaired) electrons. The lowest BCUT2D eigenvalue weighted by Crippen LogP contribution is -2.53. The van der Waals surface area contributed by atoms with Crippen molar-refractivity contribution in [2.45, 2.75) is 0 Å². The van der Waals surface area contributed by atoms with Gasteiger partial charge >= 0.3 is 0 Å². The second-order valence-corrected chi connectivity index (χ2v) is 3.24. The highest BCUT2D eigenvalue weighted by Gasteiger charge is 2.29. The minimum absolute atomic E-state index is 0.00486. The number of aliphatic hydroxyl groups is 3. The summed E-state index contributed by atoms with van der Waals surface area (Å²) in [5.41, 5.74) is 0. The molecule has 0 bridgehead atoms. The molecule has 0 saturated heterocycles. The lowest BCUT2D eigenvalue weighted by atomic mass is 10.4. The fourth-order valence-electron chi connectivity index (χ4n) is 1.12. The van der Waals surface area contributed by atoms with E-state index in [4.69, 9.17) is 15.3 Å². The molecule has 1 atom stereocenters. The van der Waals surface area contributed by atoms with Crippen LogP contribution in [0.25, 0.3) is 0 Å². The molecule has 8 heteroatoms. The molecular weight excluding hydrogens is 214 g/mol. The number of rotatable bonds is 8. The molecule has 14 heavy (non-hydrogen) atoms. The molecule has 7 nitrogen and oxygen atoms in total. The first-order valence-electron chi connectivity index (χ1n) is 4.08. The Morgan fingerprint density at radius 1 is 1.07 bits per heavy atom. The van der Waals surface area contributed by atoms with Gasteiger partial charge in [-0.25, -0.2) is 4.21 Å². The molecule has 0 amide bonds. The first-order chi connectivity index (χ1) is 6.60. The van der Waals surface area contributed by atoms with E-state index in [9.17, 15) is 8.76 Å². The topological polar surface area (TPSA) is 110 Å². The number of quaternary nitrogens is 1. The maximum Gasteiger partial charge on any atom is 0.147 e. The maximum absolute atomic E-state index is 10.4. The van der Waals surface area contributed by atoms with Gasteiger partial charge in [0.2, 0.25) is 0 Å². The highest BCUT2D eigenvalue weighted by molar-refractivity contribution is 7.73. The minimum Gasteiger partial charge on any atom is -0.745 e. The van der Waals surface area contributed by atoms with E-state index < -0.39 is 16.0 Å². The summed E-state index contributed by atoms with van der Waals surface area (Å²) in [6, 6.07) is 0. The molecule has 0 spiro atoms. The molecular formula is C6H15NO6S. The number of hydroxylamine groups is 3. The number of hydrogen-bond donors (Lipinski definition) is 3. The summed E-state index contributed by atoms with van der Waals surface area (Å²) in [7, 11) is 0. The van der Waals surface area contributed by atoms with Crippen LogP contribution in [0.1, 0.15) is 0 Å². The summed E-state index contributed by atoms with van der Waals surface area (Å²) in [5.74, 6) is 0. The third kappa shape index (κ3) is 4.96. The average molecular weight is 229 g/mol. The fourth-order valence-corrected chi connectivity index (χ4v) is 1.60. The third-order valence-electron chi connectivity index (χ3n) is 1.74. The highest BCUT2D eigenvalue weighted by atomic mass is 32.2. The second-order valence-electron chi connectivity index (χ2n) is 2.68. The van der Waals surface area contributed by atoms with E-state index in [1.807, 2.05) is 0 Å². The third-order valence-corrected chi connectivity index (χ3v) is 2.18. The quantitative estimate of drug-likeness (QED) is 0.241. The molecule has 86 valence electrons. The fraction of sp³-hybridized carbons (Fsp3) is 1.00. The van der Waals surface area contributed by atoms with Crippen LogP contribution in [0, 0.1) is 0 Å². The summed E-state index contributed by atoms with van der Waals surface area (Å²) < 4.78 is 24.7. The van der Waals surface area contributed by atoms with Crippen LogP contribution in [0.5, 0.6) is 0 Å². The molecule has 0 aromatic heterocycles. The van der Waals surface area contributed by atoms with Crippen molar-refractivity contribution in [2.75, 3.05) is 39.5 Å². The predicted molar refractivity (Wildman–Crippen MR) is 46.1 cm³/mol. The van der Waals surface area contributed by atoms with Crippen molar-refractivity contribution in [1.29, 1.82) is 0 Å². The van der Waals surface area contributed by atoms with Gasteiger partial charge in [0.25, 0.3) is 0 Å². The van der Waals surface area contributed by atoms with Crippen LogP contribution in [0.15, 0.2) is 0 Å². The molecule has 3 N–H and O–H groups in total. The molecule has 0 heterocycles. The summed E-state index contributed by atoms with van der Waals surface area (Å²) in [5, 5.41) is 26.1. The molecule has 1 unspecified atom stereocenters. The van der Waals surface area contributed by atoms with Gasteiger partial charge in [-0.3, -0.25) is 0 Å². The van der Waals surface area contributed by atoms with Gasteiger partial charge in [0.15, 0.2) is 0 Å². The van der Waals surface area contributed by atoms with Crippen molar-refractivity contribution in [3.63, 3.8) is 0 Å². The maximum atomic E-state index is 10.4. The largest absolute Gasteiger partial charge is 0.745 e. The van der Waals surface area contributed by atoms with E-state index in [1.165, 1.54) is 0 Å². The normalized spacial score (nSPS) is 14.3. The van der Waals surface area contributed by atoms with Crippen molar-refractivity contribution >= 4 is 11.4 Å². The standard InChI is InChI=1S/C6H15NO6S/c8-4-1-7(2-5-9,3-6-10)13-14(11)12/h8-10H,1-6H2. The lowest BCUT2D eigenvalue weighted by molar-refractivity contribution is -1.08. The van der Waals surface area contributed by atoms with E-state index in [0.29, 0.717) is 0 Å². The smallest absolute Gasteiger partial charge is 0.147 e. The first-order valence-corrected chi connectivity index (χ1v) is 5.08. The molecule has 0 aliphatic heterocycles. The predicted octanol–water partition coefficient (Wildman–Crippen LogP) is -2.49. The van der Waals surface area contributed by atoms with Crippen LogP contribution in [-0.4, -0.2) is 68.2 Å². The van der Waals surface area contributed by atoms with Gasteiger partial charge in [0.05, 0.1) is 19.8 Å². The van der Waals surface area contributed by atoms with Gasteiger partial charge in [0, 0.05) is 0 Å². The minimum atomic E-state index is -2.75. The van der Waals surface area contributed by atoms with Crippen LogP contribution in [0.3, 0.4) is 0 Å². The summed E-state index contributed by atoms with van der Waals surface area (Å²) in [4.78, 5) is 0. The van der Waals surface area contributed by atoms with Crippen LogP contribution < -0.4 is 0 Å². The average Bonchev–Trinajstić information content (AvgIpc) is 2.03. The Morgan fingerprint density at radius 2 is 1.43 bits per heavy atom. The van der Waals surface area contributed by atoms with E-state index in [2.05, 4.69) is 4.28 Å². The number of hydrogen-bond acceptors (Lipinski definition) is 6. The zero-order valence-electron chi connectivity index (χ0n) is 7.66. The van der Waals surface area contributed by atoms with Crippen molar-refractivity contribution in [1.82, 2.24) is 0 Å². The Labute approximate surface area is 84.6 Å². The van der Waals surface area contributed by atoms with Gasteiger partial charge in [-0.2, -0.15) is 4.65 Å². The number of nitrogens with zero attached hydrogens (tertiary/aromatic N) is 1. The molecule has 0 rings (SSSR count). The molecule has 0 aromatic rings. The van der Waals surface area contributed by atoms with E-state index in [1.54, 1.807) is 0 Å². The molecule has 0 fully saturated rings. The van der Waals surface area contributed by atoms with Crippen molar-refractivity contribution in [3.05, 3.63) is 0 Å². The Balaban J connectivity index is 4.45. The Morgan fingerprint density at radius 3 is 1.64 bits per heavy atom. The van der Waals surface area contributed by atoms with Crippen molar-refractivity contribution in [2.24, 2.45) is 0 Å². The van der Waals surface area contributed by atoms with Gasteiger partial charge in [-0.05, 0) is 0 Å². The van der Waals surface area contributed by atoms with E-state index >= 15 is 0 Å². The van der Waals surface area contributed by atoms with Gasteiger partial charge in [-0.15, -0.1) is 4.28 Å². The van der Waals surface area contributed by atoms with Crippen molar-refractivity contribution in [3.8, 4) is 0 Å². The Kier molecular flexibility index (Phi) is 7.19. The van der Waals surface area contributed by atoms with E-state index in [-0.39, 0.29) is 39.5 Å². The Bertz CT molecular complexity index is 161. The number of aliphatic hydroxyl groups excluding tert-OH is 3. The van der Waals surface area contributed by atoms with Crippen LogP contribution in [0.4, 0.5) is 0 Å². The van der Waals surface area contributed by atoms with Crippen LogP contribution >= 0.6 is 0 Å². The summed E-state index contributed by atoms with van der Waals surface area (Å²) in [6.45, 7) is -0.898. The molecule has 0 aliphatic rings. The molecule has 0 saturated carbocycles. The van der Waals surface area contributed by atoms with Crippen molar-refractivity contribution < 1.29 is 33.0 Å². The Hall–Kier alpha value is -0.0900. The van der Waals surface area contributed by atoms with Crippen LogP contribution in [0.2, 0.25) is 0 Å². The lowest BCUT2D eigenvalue weighted by Gasteiger charge is -2.33. The van der Waals surface area contributed by atoms with Gasteiger partial charge in [-0.1, -0.05) is 0 Å². The zero-order valence-corrected chi connectivity index (χ0v) is 8.48. The monoisotopic (exact) mass is 229 g/mol. The summed E-state index contributed by atoms with van der Waals surface area (Å²) in [6.07, 6.45) is 0. The van der Waals surface area contributed by atoms with Crippen LogP contribution in [-0.2, 0) is 15.6 Å². The summed E-state index contributed by atoms with van der Waals surface area (Å²) >= 11 is -2.75. The van der Waals surface area contributed by atoms with Gasteiger partial charge < -0.3 is 19.9 Å².